The van der Waals surface area contributed by atoms with E-state index in [1.54, 1.807) is 4.90 Å². The average molecular weight is 347 g/mol. The number of benzene rings is 1. The molecule has 1 amide bonds. The number of halogens is 3. The van der Waals surface area contributed by atoms with E-state index in [2.05, 4.69) is 0 Å². The van der Waals surface area contributed by atoms with Crippen LogP contribution in [0, 0.1) is 0 Å². The monoisotopic (exact) mass is 347 g/mol. The summed E-state index contributed by atoms with van der Waals surface area (Å²) in [6.45, 7) is 10.9. The fourth-order valence-corrected chi connectivity index (χ4v) is 2.78. The van der Waals surface area contributed by atoms with Gasteiger partial charge in [0.1, 0.15) is 0 Å². The molecule has 0 heterocycles. The lowest BCUT2D eigenvalue weighted by Crippen LogP contribution is -2.55. The molecule has 1 aromatic rings. The Kier molecular flexibility index (Phi) is 5.14. The van der Waals surface area contributed by atoms with Crippen LogP contribution in [0.4, 0.5) is 13.2 Å². The van der Waals surface area contributed by atoms with Crippen molar-refractivity contribution in [2.24, 2.45) is 0 Å². The highest BCUT2D eigenvalue weighted by molar-refractivity contribution is 5.95. The summed E-state index contributed by atoms with van der Waals surface area (Å²) in [7, 11) is 0. The number of hydrogen-bond donors (Lipinski definition) is 2. The quantitative estimate of drug-likeness (QED) is 0.806. The van der Waals surface area contributed by atoms with Crippen molar-refractivity contribution in [2.45, 2.75) is 64.6 Å². The second-order valence-corrected chi connectivity index (χ2v) is 7.73. The van der Waals surface area contributed by atoms with E-state index in [4.69, 9.17) is 0 Å². The second-order valence-electron chi connectivity index (χ2n) is 7.73. The number of aliphatic hydroxyl groups is 2. The molecule has 1 aromatic carbocycles. The van der Waals surface area contributed by atoms with Crippen LogP contribution in [0.25, 0.3) is 0 Å². The molecule has 24 heavy (non-hydrogen) atoms. The van der Waals surface area contributed by atoms with Crippen molar-refractivity contribution in [2.75, 3.05) is 0 Å². The molecule has 0 aliphatic carbocycles. The van der Waals surface area contributed by atoms with Crippen molar-refractivity contribution in [3.05, 3.63) is 35.4 Å². The topological polar surface area (TPSA) is 60.8 Å². The van der Waals surface area contributed by atoms with Crippen molar-refractivity contribution >= 4 is 5.91 Å². The molecule has 2 N–H and O–H groups in total. The van der Waals surface area contributed by atoms with Crippen LogP contribution in [0.2, 0.25) is 0 Å². The van der Waals surface area contributed by atoms with Gasteiger partial charge in [-0.15, -0.1) is 0 Å². The van der Waals surface area contributed by atoms with Gasteiger partial charge in [-0.1, -0.05) is 12.1 Å². The Bertz CT molecular complexity index is 597. The average Bonchev–Trinajstić information content (AvgIpc) is 2.34. The van der Waals surface area contributed by atoms with E-state index in [-0.39, 0.29) is 5.56 Å². The zero-order valence-corrected chi connectivity index (χ0v) is 14.7. The van der Waals surface area contributed by atoms with Crippen LogP contribution in [0.5, 0.6) is 0 Å². The number of hydrogen-bond acceptors (Lipinski definition) is 3. The van der Waals surface area contributed by atoms with E-state index < -0.39 is 34.5 Å². The van der Waals surface area contributed by atoms with Crippen LogP contribution >= 0.6 is 0 Å². The van der Waals surface area contributed by atoms with Crippen molar-refractivity contribution in [3.63, 3.8) is 0 Å². The lowest BCUT2D eigenvalue weighted by Gasteiger charge is -2.45. The van der Waals surface area contributed by atoms with E-state index in [0.717, 1.165) is 12.1 Å². The van der Waals surface area contributed by atoms with Gasteiger partial charge in [-0.3, -0.25) is 4.79 Å². The van der Waals surface area contributed by atoms with Crippen molar-refractivity contribution < 1.29 is 28.2 Å². The maximum atomic E-state index is 12.8. The molecule has 0 saturated heterocycles. The number of amides is 1. The minimum absolute atomic E-state index is 0.0472. The van der Waals surface area contributed by atoms with Crippen molar-refractivity contribution in [1.82, 2.24) is 4.90 Å². The number of alkyl halides is 3. The third kappa shape index (κ3) is 4.08. The van der Waals surface area contributed by atoms with E-state index in [9.17, 15) is 28.2 Å². The first kappa shape index (κ1) is 20.4. The summed E-state index contributed by atoms with van der Waals surface area (Å²) >= 11 is 0. The molecule has 136 valence electrons. The van der Waals surface area contributed by atoms with Gasteiger partial charge in [-0.25, -0.2) is 0 Å². The van der Waals surface area contributed by atoms with Gasteiger partial charge >= 0.3 is 6.18 Å². The molecular weight excluding hydrogens is 323 g/mol. The summed E-state index contributed by atoms with van der Waals surface area (Å²) < 4.78 is 38.4. The van der Waals surface area contributed by atoms with Crippen LogP contribution in [0.15, 0.2) is 24.3 Å². The molecule has 0 saturated carbocycles. The summed E-state index contributed by atoms with van der Waals surface area (Å²) in [5, 5.41) is 18.8. The number of carbonyl (C=O) groups excluding carboxylic acids is 1. The third-order valence-corrected chi connectivity index (χ3v) is 3.45. The van der Waals surface area contributed by atoms with Crippen LogP contribution < -0.4 is 0 Å². The number of nitrogens with zero attached hydrogens (tertiary/aromatic N) is 1. The molecule has 0 aromatic heterocycles. The Hall–Kier alpha value is -1.60. The van der Waals surface area contributed by atoms with Gasteiger partial charge in [-0.2, -0.15) is 13.2 Å². The first-order chi connectivity index (χ1) is 10.5. The van der Waals surface area contributed by atoms with Crippen LogP contribution in [0.1, 0.15) is 57.5 Å². The van der Waals surface area contributed by atoms with Crippen LogP contribution in [-0.4, -0.2) is 38.3 Å². The highest BCUT2D eigenvalue weighted by Crippen LogP contribution is 2.37. The molecular formula is C17H24F3NO3. The summed E-state index contributed by atoms with van der Waals surface area (Å²) in [6.07, 6.45) is -5.28. The van der Waals surface area contributed by atoms with E-state index in [1.807, 2.05) is 41.5 Å². The van der Waals surface area contributed by atoms with Gasteiger partial charge in [0.2, 0.25) is 0 Å². The lowest BCUT2D eigenvalue weighted by molar-refractivity contribution is -0.358. The molecule has 0 aliphatic rings. The molecule has 1 rings (SSSR count). The predicted octanol–water partition coefficient (Wildman–Crippen LogP) is 3.43. The standard InChI is InChI=1S/C17H24F3NO3/c1-14(2,3)21(15(4,5)6)13(22)11-8-7-9-12(10-11)16(23,24)17(18,19)20/h7-10,23-24H,1-6H3. The van der Waals surface area contributed by atoms with Gasteiger partial charge in [-0.05, 0) is 53.7 Å². The molecule has 7 heteroatoms. The highest BCUT2D eigenvalue weighted by Gasteiger charge is 2.54. The molecule has 0 fully saturated rings. The smallest absolute Gasteiger partial charge is 0.355 e. The SMILES string of the molecule is CC(C)(C)N(C(=O)c1cccc(C(O)(O)C(F)(F)F)c1)C(C)(C)C. The molecule has 4 nitrogen and oxygen atoms in total. The van der Waals surface area contributed by atoms with Gasteiger partial charge in [0.15, 0.2) is 0 Å². The lowest BCUT2D eigenvalue weighted by atomic mass is 9.93. The number of carbonyl (C=O) groups is 1. The van der Waals surface area contributed by atoms with E-state index in [0.29, 0.717) is 0 Å². The molecule has 0 atom stereocenters. The Balaban J connectivity index is 3.39. The largest absolute Gasteiger partial charge is 0.447 e. The molecule has 0 spiro atoms. The van der Waals surface area contributed by atoms with Gasteiger partial charge < -0.3 is 15.1 Å². The highest BCUT2D eigenvalue weighted by atomic mass is 19.4. The predicted molar refractivity (Wildman–Crippen MR) is 84.3 cm³/mol. The number of rotatable bonds is 2. The van der Waals surface area contributed by atoms with Crippen molar-refractivity contribution in [1.29, 1.82) is 0 Å². The molecule has 0 aliphatic heterocycles. The summed E-state index contributed by atoms with van der Waals surface area (Å²) in [5.41, 5.74) is -2.01. The molecule has 0 radical (unpaired) electrons. The Labute approximate surface area is 139 Å². The van der Waals surface area contributed by atoms with E-state index >= 15 is 0 Å². The molecule has 0 unspecified atom stereocenters. The minimum atomic E-state index is -5.28. The van der Waals surface area contributed by atoms with Crippen LogP contribution in [0.3, 0.4) is 0 Å². The Morgan fingerprint density at radius 1 is 0.958 bits per heavy atom. The Morgan fingerprint density at radius 3 is 1.79 bits per heavy atom. The first-order valence-electron chi connectivity index (χ1n) is 7.46. The second kappa shape index (κ2) is 6.04. The van der Waals surface area contributed by atoms with Gasteiger partial charge in [0.05, 0.1) is 0 Å². The maximum Gasteiger partial charge on any atom is 0.447 e. The molecule has 0 bridgehead atoms. The third-order valence-electron chi connectivity index (χ3n) is 3.45. The van der Waals surface area contributed by atoms with Crippen molar-refractivity contribution in [3.8, 4) is 0 Å². The zero-order chi connectivity index (χ0) is 19.1. The fraction of sp³-hybridized carbons (Fsp3) is 0.588. The summed E-state index contributed by atoms with van der Waals surface area (Å²) in [5.74, 6) is -4.51. The normalized spacial score (nSPS) is 13.8. The summed E-state index contributed by atoms with van der Waals surface area (Å²) in [4.78, 5) is 14.4. The zero-order valence-electron chi connectivity index (χ0n) is 14.7. The minimum Gasteiger partial charge on any atom is -0.355 e. The summed E-state index contributed by atoms with van der Waals surface area (Å²) in [6, 6.07) is 4.32. The maximum absolute atomic E-state index is 12.8. The van der Waals surface area contributed by atoms with E-state index in [1.165, 1.54) is 12.1 Å². The Morgan fingerprint density at radius 2 is 1.42 bits per heavy atom. The van der Waals surface area contributed by atoms with Crippen LogP contribution in [-0.2, 0) is 5.79 Å². The first-order valence-corrected chi connectivity index (χ1v) is 7.46. The van der Waals surface area contributed by atoms with Gasteiger partial charge in [0, 0.05) is 22.2 Å². The fourth-order valence-electron chi connectivity index (χ4n) is 2.78. The van der Waals surface area contributed by atoms with Gasteiger partial charge in [0.25, 0.3) is 11.7 Å².